The zero-order chi connectivity index (χ0) is 18.0. The maximum Gasteiger partial charge on any atom is 0.458 e. The fourth-order valence-electron chi connectivity index (χ4n) is 2.70. The Morgan fingerprint density at radius 3 is 2.76 bits per heavy atom. The van der Waals surface area contributed by atoms with Crippen LogP contribution in [0.15, 0.2) is 41.0 Å². The van der Waals surface area contributed by atoms with Crippen LogP contribution in [-0.4, -0.2) is 38.2 Å². The monoisotopic (exact) mass is 341 g/mol. The van der Waals surface area contributed by atoms with Crippen LogP contribution in [0.2, 0.25) is 0 Å². The molecule has 1 aliphatic rings. The molecule has 0 saturated heterocycles. The van der Waals surface area contributed by atoms with Crippen molar-refractivity contribution >= 4 is 23.7 Å². The minimum atomic E-state index is -0.667. The predicted molar refractivity (Wildman–Crippen MR) is 86.8 cm³/mol. The standard InChI is InChI=1S/C18H17N3O4/c1-21(2)14(16-4-3-7-25-16)10-19-17(23)11-5-6-13-12(8-11)9-15(22)18(24)20-13/h3-9,14H,10H2,1-2H3,(H,19,23)/p+2/t14-/m0/s1. The third-order valence-electron chi connectivity index (χ3n) is 4.12. The summed E-state index contributed by atoms with van der Waals surface area (Å²) >= 11 is 0. The maximum absolute atomic E-state index is 12.4. The Morgan fingerprint density at radius 1 is 1.28 bits per heavy atom. The van der Waals surface area contributed by atoms with Gasteiger partial charge in [0.15, 0.2) is 11.8 Å². The second kappa shape index (κ2) is 6.82. The lowest BCUT2D eigenvalue weighted by atomic mass is 10.1. The van der Waals surface area contributed by atoms with Crippen LogP contribution in [0.1, 0.15) is 22.2 Å². The maximum atomic E-state index is 12.4. The van der Waals surface area contributed by atoms with Gasteiger partial charge < -0.3 is 14.6 Å². The van der Waals surface area contributed by atoms with Gasteiger partial charge in [-0.3, -0.25) is 9.59 Å². The van der Waals surface area contributed by atoms with Gasteiger partial charge in [-0.2, -0.15) is 4.99 Å². The van der Waals surface area contributed by atoms with Gasteiger partial charge >= 0.3 is 5.91 Å². The molecule has 2 aromatic rings. The van der Waals surface area contributed by atoms with E-state index in [9.17, 15) is 14.4 Å². The van der Waals surface area contributed by atoms with Crippen LogP contribution in [0.4, 0.5) is 0 Å². The SMILES string of the molecule is C[NH+](C)[C@@H](CNC(=O)c1ccc2c(c1)=CC(=O)C(=O)[NH+]=2)c1ccco1. The van der Waals surface area contributed by atoms with Gasteiger partial charge in [0.25, 0.3) is 11.7 Å². The summed E-state index contributed by atoms with van der Waals surface area (Å²) in [6.45, 7) is 0.408. The van der Waals surface area contributed by atoms with Gasteiger partial charge in [0.1, 0.15) is 0 Å². The highest BCUT2D eigenvalue weighted by molar-refractivity contribution is 6.44. The Morgan fingerprint density at radius 2 is 2.08 bits per heavy atom. The lowest BCUT2D eigenvalue weighted by molar-refractivity contribution is -0.891. The third kappa shape index (κ3) is 3.56. The van der Waals surface area contributed by atoms with Crippen LogP contribution < -0.4 is 25.8 Å². The average molecular weight is 341 g/mol. The average Bonchev–Trinajstić information content (AvgIpc) is 3.09. The van der Waals surface area contributed by atoms with Crippen molar-refractivity contribution < 1.29 is 28.7 Å². The Balaban J connectivity index is 1.77. The molecular weight excluding hydrogens is 322 g/mol. The van der Waals surface area contributed by atoms with Gasteiger partial charge in [0.2, 0.25) is 5.36 Å². The molecule has 7 heteroatoms. The van der Waals surface area contributed by atoms with Gasteiger partial charge in [0.05, 0.1) is 32.1 Å². The molecule has 0 unspecified atom stereocenters. The molecule has 1 atom stereocenters. The molecule has 2 heterocycles. The number of ketones is 1. The van der Waals surface area contributed by atoms with Gasteiger partial charge in [-0.05, 0) is 24.3 Å². The molecule has 0 saturated carbocycles. The Kier molecular flexibility index (Phi) is 4.58. The fraction of sp³-hybridized carbons (Fsp3) is 0.222. The number of amides is 2. The van der Waals surface area contributed by atoms with Crippen LogP contribution in [0, 0.1) is 0 Å². The fourth-order valence-corrected chi connectivity index (χ4v) is 2.70. The van der Waals surface area contributed by atoms with Crippen LogP contribution >= 0.6 is 0 Å². The number of rotatable bonds is 5. The Bertz CT molecular complexity index is 945. The molecule has 2 amide bonds. The molecule has 1 aromatic heterocycles. The number of hydrogen-bond acceptors (Lipinski definition) is 4. The quantitative estimate of drug-likeness (QED) is 0.492. The van der Waals surface area contributed by atoms with Crippen molar-refractivity contribution in [2.75, 3.05) is 20.6 Å². The van der Waals surface area contributed by atoms with Crippen molar-refractivity contribution in [3.63, 3.8) is 0 Å². The summed E-state index contributed by atoms with van der Waals surface area (Å²) in [5, 5.41) is 3.94. The molecule has 3 N–H and O–H groups in total. The summed E-state index contributed by atoms with van der Waals surface area (Å²) < 4.78 is 5.44. The van der Waals surface area contributed by atoms with Gasteiger partial charge in [-0.15, -0.1) is 0 Å². The third-order valence-corrected chi connectivity index (χ3v) is 4.12. The lowest BCUT2D eigenvalue weighted by Crippen LogP contribution is -3.07. The van der Waals surface area contributed by atoms with E-state index in [1.54, 1.807) is 24.5 Å². The van der Waals surface area contributed by atoms with E-state index >= 15 is 0 Å². The highest BCUT2D eigenvalue weighted by Crippen LogP contribution is 2.09. The number of carbonyl (C=O) groups is 3. The molecule has 3 rings (SSSR count). The first kappa shape index (κ1) is 16.8. The largest absolute Gasteiger partial charge is 0.463 e. The van der Waals surface area contributed by atoms with E-state index in [2.05, 4.69) is 10.3 Å². The first-order valence-corrected chi connectivity index (χ1v) is 7.91. The first-order chi connectivity index (χ1) is 12.0. The van der Waals surface area contributed by atoms with Crippen LogP contribution in [-0.2, 0) is 9.59 Å². The molecule has 0 bridgehead atoms. The van der Waals surface area contributed by atoms with E-state index in [0.29, 0.717) is 22.7 Å². The predicted octanol–water partition coefficient (Wildman–Crippen LogP) is -3.51. The first-order valence-electron chi connectivity index (χ1n) is 7.91. The summed E-state index contributed by atoms with van der Waals surface area (Å²) in [7, 11) is 3.98. The van der Waals surface area contributed by atoms with Crippen LogP contribution in [0.3, 0.4) is 0 Å². The lowest BCUT2D eigenvalue weighted by Gasteiger charge is -2.19. The second-order valence-electron chi connectivity index (χ2n) is 6.12. The topological polar surface area (TPSA) is 94.8 Å². The number of carbonyl (C=O) groups excluding carboxylic acids is 3. The summed E-state index contributed by atoms with van der Waals surface area (Å²) in [6, 6.07) is 8.51. The number of hydrogen-bond donors (Lipinski definition) is 3. The van der Waals surface area contributed by atoms with Crippen molar-refractivity contribution in [2.24, 2.45) is 0 Å². The molecule has 0 spiro atoms. The van der Waals surface area contributed by atoms with E-state index in [4.69, 9.17) is 4.42 Å². The summed E-state index contributed by atoms with van der Waals surface area (Å²) in [5.41, 5.74) is 0.422. The van der Waals surface area contributed by atoms with E-state index in [1.165, 1.54) is 6.08 Å². The molecule has 0 radical (unpaired) electrons. The van der Waals surface area contributed by atoms with Crippen molar-refractivity contribution in [1.82, 2.24) is 5.32 Å². The number of Topliss-reactive ketones (excluding diaryl/α,β-unsaturated/α-hetero) is 1. The smallest absolute Gasteiger partial charge is 0.458 e. The minimum Gasteiger partial charge on any atom is -0.463 e. The molecule has 128 valence electrons. The minimum absolute atomic E-state index is 0.0102. The van der Waals surface area contributed by atoms with Crippen molar-refractivity contribution in [2.45, 2.75) is 6.04 Å². The highest BCUT2D eigenvalue weighted by atomic mass is 16.3. The van der Waals surface area contributed by atoms with Crippen LogP contribution in [0.25, 0.3) is 6.08 Å². The number of nitrogens with one attached hydrogen (secondary N) is 3. The number of fused-ring (bicyclic) bond motifs is 1. The second-order valence-corrected chi connectivity index (χ2v) is 6.12. The van der Waals surface area contributed by atoms with E-state index < -0.39 is 11.7 Å². The number of likely N-dealkylation sites (N-methyl/N-ethyl adjacent to an activating group) is 1. The Hall–Kier alpha value is -3.06. The Labute approximate surface area is 143 Å². The molecular formula is C18H19N3O4+2. The summed E-state index contributed by atoms with van der Waals surface area (Å²) in [5.74, 6) is -0.746. The van der Waals surface area contributed by atoms with Gasteiger partial charge in [-0.25, -0.2) is 4.79 Å². The molecule has 0 fully saturated rings. The number of benzene rings is 1. The molecule has 1 aliphatic heterocycles. The molecule has 0 aliphatic carbocycles. The normalized spacial score (nSPS) is 14.5. The number of furan rings is 1. The molecule has 25 heavy (non-hydrogen) atoms. The van der Waals surface area contributed by atoms with Crippen LogP contribution in [0.5, 0.6) is 0 Å². The molecule has 1 aromatic carbocycles. The zero-order valence-corrected chi connectivity index (χ0v) is 14.0. The van der Waals surface area contributed by atoms with Crippen molar-refractivity contribution in [3.05, 3.63) is 58.5 Å². The van der Waals surface area contributed by atoms with Gasteiger partial charge in [-0.1, -0.05) is 0 Å². The van der Waals surface area contributed by atoms with Gasteiger partial charge in [0, 0.05) is 17.7 Å². The van der Waals surface area contributed by atoms with Crippen molar-refractivity contribution in [1.29, 1.82) is 0 Å². The number of quaternary nitrogens is 1. The van der Waals surface area contributed by atoms with E-state index in [0.717, 1.165) is 10.7 Å². The van der Waals surface area contributed by atoms with E-state index in [-0.39, 0.29) is 11.9 Å². The van der Waals surface area contributed by atoms with Crippen molar-refractivity contribution in [3.8, 4) is 0 Å². The zero-order valence-electron chi connectivity index (χ0n) is 14.0. The summed E-state index contributed by atoms with van der Waals surface area (Å²) in [4.78, 5) is 38.9. The summed E-state index contributed by atoms with van der Waals surface area (Å²) in [6.07, 6.45) is 2.85. The highest BCUT2D eigenvalue weighted by Gasteiger charge is 2.23. The van der Waals surface area contributed by atoms with E-state index in [1.807, 2.05) is 26.2 Å². The molecule has 7 nitrogen and oxygen atoms in total.